The first-order valence-corrected chi connectivity index (χ1v) is 7.60. The summed E-state index contributed by atoms with van der Waals surface area (Å²) in [6.07, 6.45) is 2.19. The Morgan fingerprint density at radius 3 is 2.58 bits per heavy atom. The topological polar surface area (TPSA) is 72.2 Å². The Balaban J connectivity index is 1.89. The van der Waals surface area contributed by atoms with Gasteiger partial charge in [-0.15, -0.1) is 0 Å². The van der Waals surface area contributed by atoms with E-state index in [1.54, 1.807) is 18.2 Å². The third-order valence-electron chi connectivity index (χ3n) is 3.20. The minimum atomic E-state index is -3.61. The number of hydrogen-bond donors (Lipinski definition) is 1. The van der Waals surface area contributed by atoms with Gasteiger partial charge in [-0.25, -0.2) is 13.1 Å². The summed E-state index contributed by atoms with van der Waals surface area (Å²) in [6.45, 7) is 1.83. The zero-order chi connectivity index (χ0) is 13.5. The minimum absolute atomic E-state index is 0.207. The summed E-state index contributed by atoms with van der Waals surface area (Å²) in [7, 11) is -3.61. The molecule has 0 atom stereocenters. The predicted octanol–water partition coefficient (Wildman–Crippen LogP) is 2.66. The van der Waals surface area contributed by atoms with Gasteiger partial charge in [0.1, 0.15) is 0 Å². The standard InChI is InChI=1S/C13H14N2O3S/c1-9-12(10-7-8-10)14-18-13(9)15-19(16,17)11-5-3-2-4-6-11/h2-6,10,15H,7-8H2,1H3. The normalized spacial score (nSPS) is 15.4. The maximum absolute atomic E-state index is 12.1. The van der Waals surface area contributed by atoms with E-state index in [-0.39, 0.29) is 10.8 Å². The van der Waals surface area contributed by atoms with E-state index in [4.69, 9.17) is 4.52 Å². The number of aromatic nitrogens is 1. The zero-order valence-corrected chi connectivity index (χ0v) is 11.3. The van der Waals surface area contributed by atoms with Gasteiger partial charge in [-0.05, 0) is 31.9 Å². The molecule has 1 aliphatic rings. The number of nitrogens with zero attached hydrogens (tertiary/aromatic N) is 1. The number of hydrogen-bond acceptors (Lipinski definition) is 4. The highest BCUT2D eigenvalue weighted by atomic mass is 32.2. The summed E-state index contributed by atoms with van der Waals surface area (Å²) in [5.41, 5.74) is 1.65. The van der Waals surface area contributed by atoms with Crippen molar-refractivity contribution in [2.75, 3.05) is 4.72 Å². The quantitative estimate of drug-likeness (QED) is 0.933. The van der Waals surface area contributed by atoms with E-state index in [0.29, 0.717) is 5.92 Å². The van der Waals surface area contributed by atoms with Gasteiger partial charge in [-0.1, -0.05) is 23.4 Å². The van der Waals surface area contributed by atoms with Gasteiger partial charge in [0.2, 0.25) is 5.88 Å². The smallest absolute Gasteiger partial charge is 0.264 e. The SMILES string of the molecule is Cc1c(C2CC2)noc1NS(=O)(=O)c1ccccc1. The van der Waals surface area contributed by atoms with Crippen molar-refractivity contribution in [1.29, 1.82) is 0 Å². The lowest BCUT2D eigenvalue weighted by Crippen LogP contribution is -2.12. The molecule has 2 aromatic rings. The van der Waals surface area contributed by atoms with Crippen LogP contribution in [0.1, 0.15) is 30.0 Å². The summed E-state index contributed by atoms with van der Waals surface area (Å²) in [5, 5.41) is 3.95. The number of anilines is 1. The summed E-state index contributed by atoms with van der Waals surface area (Å²) in [6, 6.07) is 8.20. The number of rotatable bonds is 4. The van der Waals surface area contributed by atoms with E-state index in [1.165, 1.54) is 12.1 Å². The maximum Gasteiger partial charge on any atom is 0.264 e. The Kier molecular flexibility index (Phi) is 2.82. The molecular weight excluding hydrogens is 264 g/mol. The summed E-state index contributed by atoms with van der Waals surface area (Å²) < 4.78 is 31.9. The Labute approximate surface area is 111 Å². The highest BCUT2D eigenvalue weighted by Gasteiger charge is 2.31. The maximum atomic E-state index is 12.1. The summed E-state index contributed by atoms with van der Waals surface area (Å²) >= 11 is 0. The number of sulfonamides is 1. The van der Waals surface area contributed by atoms with Crippen LogP contribution >= 0.6 is 0 Å². The van der Waals surface area contributed by atoms with Gasteiger partial charge in [0.05, 0.1) is 10.6 Å². The molecule has 0 amide bonds. The molecule has 1 aromatic heterocycles. The van der Waals surface area contributed by atoms with Gasteiger partial charge in [-0.3, -0.25) is 0 Å². The van der Waals surface area contributed by atoms with E-state index in [2.05, 4.69) is 9.88 Å². The molecule has 5 nitrogen and oxygen atoms in total. The van der Waals surface area contributed by atoms with Gasteiger partial charge in [0.25, 0.3) is 10.0 Å². The molecule has 19 heavy (non-hydrogen) atoms. The highest BCUT2D eigenvalue weighted by Crippen LogP contribution is 2.42. The molecular formula is C13H14N2O3S. The summed E-state index contributed by atoms with van der Waals surface area (Å²) in [5.74, 6) is 0.643. The molecule has 1 heterocycles. The Morgan fingerprint density at radius 2 is 1.95 bits per heavy atom. The first-order chi connectivity index (χ1) is 9.08. The van der Waals surface area contributed by atoms with E-state index in [0.717, 1.165) is 24.1 Å². The average molecular weight is 278 g/mol. The molecule has 0 aliphatic heterocycles. The molecule has 0 radical (unpaired) electrons. The Morgan fingerprint density at radius 1 is 1.26 bits per heavy atom. The third-order valence-corrected chi connectivity index (χ3v) is 4.55. The second-order valence-electron chi connectivity index (χ2n) is 4.71. The van der Waals surface area contributed by atoms with E-state index in [9.17, 15) is 8.42 Å². The zero-order valence-electron chi connectivity index (χ0n) is 10.5. The molecule has 1 N–H and O–H groups in total. The molecule has 1 saturated carbocycles. The van der Waals surface area contributed by atoms with Gasteiger partial charge in [-0.2, -0.15) is 0 Å². The van der Waals surface area contributed by atoms with E-state index in [1.807, 2.05) is 6.92 Å². The van der Waals surface area contributed by atoms with Crippen molar-refractivity contribution in [2.24, 2.45) is 0 Å². The molecule has 1 aliphatic carbocycles. The van der Waals surface area contributed by atoms with Crippen LogP contribution in [0.25, 0.3) is 0 Å². The van der Waals surface area contributed by atoms with Gasteiger partial charge >= 0.3 is 0 Å². The fourth-order valence-electron chi connectivity index (χ4n) is 1.96. The van der Waals surface area contributed by atoms with Crippen LogP contribution in [0.4, 0.5) is 5.88 Å². The fourth-order valence-corrected chi connectivity index (χ4v) is 3.03. The third kappa shape index (κ3) is 2.35. The molecule has 0 bridgehead atoms. The lowest BCUT2D eigenvalue weighted by atomic mass is 10.2. The first-order valence-electron chi connectivity index (χ1n) is 6.12. The predicted molar refractivity (Wildman–Crippen MR) is 70.5 cm³/mol. The lowest BCUT2D eigenvalue weighted by Gasteiger charge is -2.05. The molecule has 100 valence electrons. The van der Waals surface area contributed by atoms with Crippen molar-refractivity contribution < 1.29 is 12.9 Å². The second-order valence-corrected chi connectivity index (χ2v) is 6.40. The first kappa shape index (κ1) is 12.2. The molecule has 0 saturated heterocycles. The molecule has 3 rings (SSSR count). The van der Waals surface area contributed by atoms with Crippen molar-refractivity contribution in [3.8, 4) is 0 Å². The van der Waals surface area contributed by atoms with E-state index >= 15 is 0 Å². The fraction of sp³-hybridized carbons (Fsp3) is 0.308. The van der Waals surface area contributed by atoms with Crippen LogP contribution < -0.4 is 4.72 Å². The largest absolute Gasteiger partial charge is 0.337 e. The van der Waals surface area contributed by atoms with E-state index < -0.39 is 10.0 Å². The van der Waals surface area contributed by atoms with Crippen molar-refractivity contribution in [3.63, 3.8) is 0 Å². The van der Waals surface area contributed by atoms with Crippen LogP contribution in [-0.2, 0) is 10.0 Å². The Hall–Kier alpha value is -1.82. The van der Waals surface area contributed by atoms with Crippen LogP contribution in [0.2, 0.25) is 0 Å². The molecule has 0 unspecified atom stereocenters. The minimum Gasteiger partial charge on any atom is -0.337 e. The molecule has 1 fully saturated rings. The van der Waals surface area contributed by atoms with Crippen molar-refractivity contribution in [1.82, 2.24) is 5.16 Å². The van der Waals surface area contributed by atoms with Crippen LogP contribution in [0.15, 0.2) is 39.8 Å². The highest BCUT2D eigenvalue weighted by molar-refractivity contribution is 7.92. The Bertz CT molecular complexity index is 688. The van der Waals surface area contributed by atoms with Gasteiger partial charge in [0.15, 0.2) is 0 Å². The van der Waals surface area contributed by atoms with Crippen molar-refractivity contribution in [2.45, 2.75) is 30.6 Å². The monoisotopic (exact) mass is 278 g/mol. The lowest BCUT2D eigenvalue weighted by molar-refractivity contribution is 0.427. The van der Waals surface area contributed by atoms with Crippen LogP contribution in [0, 0.1) is 6.92 Å². The van der Waals surface area contributed by atoms with Crippen LogP contribution in [0.3, 0.4) is 0 Å². The molecule has 1 aromatic carbocycles. The summed E-state index contributed by atoms with van der Waals surface area (Å²) in [4.78, 5) is 0.207. The molecule has 6 heteroatoms. The van der Waals surface area contributed by atoms with Crippen LogP contribution in [0.5, 0.6) is 0 Å². The van der Waals surface area contributed by atoms with Gasteiger partial charge < -0.3 is 4.52 Å². The molecule has 0 spiro atoms. The van der Waals surface area contributed by atoms with Crippen molar-refractivity contribution >= 4 is 15.9 Å². The number of benzene rings is 1. The van der Waals surface area contributed by atoms with Crippen LogP contribution in [-0.4, -0.2) is 13.6 Å². The number of nitrogens with one attached hydrogen (secondary N) is 1. The average Bonchev–Trinajstić information content (AvgIpc) is 3.18. The van der Waals surface area contributed by atoms with Crippen molar-refractivity contribution in [3.05, 3.63) is 41.6 Å². The second kappa shape index (κ2) is 4.38. The van der Waals surface area contributed by atoms with Gasteiger partial charge in [0, 0.05) is 11.5 Å².